The van der Waals surface area contributed by atoms with Gasteiger partial charge in [0.05, 0.1) is 15.7 Å². The molecule has 0 bridgehead atoms. The van der Waals surface area contributed by atoms with Crippen molar-refractivity contribution in [1.82, 2.24) is 4.98 Å². The van der Waals surface area contributed by atoms with Gasteiger partial charge in [0.1, 0.15) is 11.5 Å². The van der Waals surface area contributed by atoms with E-state index in [1.54, 1.807) is 5.38 Å². The van der Waals surface area contributed by atoms with E-state index in [0.29, 0.717) is 11.4 Å². The van der Waals surface area contributed by atoms with Gasteiger partial charge in [-0.15, -0.1) is 11.3 Å². The molecule has 0 saturated heterocycles. The molecule has 2 aromatic rings. The maximum atomic E-state index is 13.1. The van der Waals surface area contributed by atoms with Crippen LogP contribution in [-0.4, -0.2) is 16.9 Å². The van der Waals surface area contributed by atoms with Gasteiger partial charge in [-0.25, -0.2) is 9.37 Å². The number of thiazole rings is 1. The highest BCUT2D eigenvalue weighted by molar-refractivity contribution is 7.09. The van der Waals surface area contributed by atoms with Crippen molar-refractivity contribution in [3.05, 3.63) is 45.1 Å². The fraction of sp³-hybridized carbons (Fsp3) is 0.286. The molecule has 20 heavy (non-hydrogen) atoms. The molecule has 0 atom stereocenters. The van der Waals surface area contributed by atoms with Crippen molar-refractivity contribution in [2.75, 3.05) is 4.90 Å². The van der Waals surface area contributed by atoms with Gasteiger partial charge in [0, 0.05) is 11.4 Å². The monoisotopic (exact) mass is 312 g/mol. The Balaban J connectivity index is 2.43. The first-order valence-corrected chi connectivity index (χ1v) is 7.36. The summed E-state index contributed by atoms with van der Waals surface area (Å²) >= 11 is 7.47. The van der Waals surface area contributed by atoms with Crippen LogP contribution >= 0.6 is 22.9 Å². The van der Waals surface area contributed by atoms with Crippen LogP contribution in [0.15, 0.2) is 23.6 Å². The highest BCUT2D eigenvalue weighted by Crippen LogP contribution is 2.29. The van der Waals surface area contributed by atoms with Crippen molar-refractivity contribution in [2.24, 2.45) is 0 Å². The minimum Gasteiger partial charge on any atom is -0.303 e. The molecular weight excluding hydrogens is 299 g/mol. The first kappa shape index (κ1) is 14.9. The van der Waals surface area contributed by atoms with Crippen LogP contribution in [-0.2, 0) is 0 Å². The van der Waals surface area contributed by atoms with Crippen LogP contribution in [0.3, 0.4) is 0 Å². The summed E-state index contributed by atoms with van der Waals surface area (Å²) in [6.07, 6.45) is 0. The summed E-state index contributed by atoms with van der Waals surface area (Å²) in [6, 6.07) is 3.88. The number of benzene rings is 1. The number of aryl methyl sites for hydroxylation is 1. The van der Waals surface area contributed by atoms with E-state index in [2.05, 4.69) is 4.98 Å². The van der Waals surface area contributed by atoms with Gasteiger partial charge in [0.25, 0.3) is 5.91 Å². The quantitative estimate of drug-likeness (QED) is 0.846. The number of carbonyl (C=O) groups is 1. The van der Waals surface area contributed by atoms with E-state index in [-0.39, 0.29) is 17.0 Å². The van der Waals surface area contributed by atoms with Crippen LogP contribution in [0.5, 0.6) is 0 Å². The molecule has 2 rings (SSSR count). The molecule has 0 radical (unpaired) electrons. The van der Waals surface area contributed by atoms with Crippen molar-refractivity contribution in [2.45, 2.75) is 26.8 Å². The molecule has 3 nitrogen and oxygen atoms in total. The number of rotatable bonds is 3. The molecule has 0 N–H and O–H groups in total. The van der Waals surface area contributed by atoms with Crippen LogP contribution in [0.1, 0.15) is 29.3 Å². The standard InChI is InChI=1S/C14H14ClFN2OS/c1-8(2)18(13-5-4-10(16)6-11(13)15)14(19)12-7-20-9(3)17-12/h4-8H,1-3H3. The molecule has 0 unspecified atom stereocenters. The van der Waals surface area contributed by atoms with Gasteiger partial charge in [-0.2, -0.15) is 0 Å². The maximum absolute atomic E-state index is 13.1. The van der Waals surface area contributed by atoms with Gasteiger partial charge in [0.2, 0.25) is 0 Å². The Morgan fingerprint density at radius 3 is 2.65 bits per heavy atom. The third kappa shape index (κ3) is 2.99. The van der Waals surface area contributed by atoms with E-state index in [1.807, 2.05) is 20.8 Å². The predicted octanol–water partition coefficient (Wildman–Crippen LogP) is 4.30. The van der Waals surface area contributed by atoms with Crippen LogP contribution in [0, 0.1) is 12.7 Å². The molecule has 0 aliphatic rings. The first-order chi connectivity index (χ1) is 9.40. The molecule has 106 valence electrons. The molecule has 0 aliphatic carbocycles. The van der Waals surface area contributed by atoms with Crippen LogP contribution in [0.4, 0.5) is 10.1 Å². The summed E-state index contributed by atoms with van der Waals surface area (Å²) in [5.41, 5.74) is 0.861. The number of amides is 1. The summed E-state index contributed by atoms with van der Waals surface area (Å²) in [5.74, 6) is -0.669. The third-order valence-corrected chi connectivity index (χ3v) is 3.82. The summed E-state index contributed by atoms with van der Waals surface area (Å²) in [6.45, 7) is 5.58. The SMILES string of the molecule is Cc1nc(C(=O)N(c2ccc(F)cc2Cl)C(C)C)cs1. The Kier molecular flexibility index (Phi) is 4.40. The molecule has 1 heterocycles. The molecule has 1 aromatic heterocycles. The fourth-order valence-electron chi connectivity index (χ4n) is 1.88. The molecule has 0 spiro atoms. The highest BCUT2D eigenvalue weighted by atomic mass is 35.5. The van der Waals surface area contributed by atoms with E-state index >= 15 is 0 Å². The minimum atomic E-state index is -0.431. The Morgan fingerprint density at radius 2 is 2.15 bits per heavy atom. The van der Waals surface area contributed by atoms with E-state index in [9.17, 15) is 9.18 Å². The number of carbonyl (C=O) groups excluding carboxylic acids is 1. The Bertz CT molecular complexity index is 642. The third-order valence-electron chi connectivity index (χ3n) is 2.74. The maximum Gasteiger partial charge on any atom is 0.278 e. The van der Waals surface area contributed by atoms with E-state index < -0.39 is 5.82 Å². The lowest BCUT2D eigenvalue weighted by atomic mass is 10.2. The van der Waals surface area contributed by atoms with Crippen LogP contribution in [0.2, 0.25) is 5.02 Å². The lowest BCUT2D eigenvalue weighted by Crippen LogP contribution is -2.37. The predicted molar refractivity (Wildman–Crippen MR) is 80.2 cm³/mol. The molecule has 1 aromatic carbocycles. The Labute approximate surface area is 126 Å². The normalized spacial score (nSPS) is 10.9. The summed E-state index contributed by atoms with van der Waals surface area (Å²) < 4.78 is 13.1. The number of nitrogens with zero attached hydrogens (tertiary/aromatic N) is 2. The Morgan fingerprint density at radius 1 is 1.45 bits per heavy atom. The highest BCUT2D eigenvalue weighted by Gasteiger charge is 2.24. The smallest absolute Gasteiger partial charge is 0.278 e. The largest absolute Gasteiger partial charge is 0.303 e. The van der Waals surface area contributed by atoms with Gasteiger partial charge >= 0.3 is 0 Å². The van der Waals surface area contributed by atoms with Crippen molar-refractivity contribution < 1.29 is 9.18 Å². The average molecular weight is 313 g/mol. The fourth-order valence-corrected chi connectivity index (χ4v) is 2.73. The van der Waals surface area contributed by atoms with Gasteiger partial charge in [-0.1, -0.05) is 11.6 Å². The number of anilines is 1. The topological polar surface area (TPSA) is 33.2 Å². The van der Waals surface area contributed by atoms with Crippen molar-refractivity contribution in [3.8, 4) is 0 Å². The molecule has 0 aliphatic heterocycles. The molecular formula is C14H14ClFN2OS. The zero-order valence-electron chi connectivity index (χ0n) is 11.4. The van der Waals surface area contributed by atoms with E-state index in [0.717, 1.165) is 5.01 Å². The summed E-state index contributed by atoms with van der Waals surface area (Å²) in [5, 5.41) is 2.74. The lowest BCUT2D eigenvalue weighted by molar-refractivity contribution is 0.0976. The number of hydrogen-bond donors (Lipinski definition) is 0. The van der Waals surface area contributed by atoms with Crippen molar-refractivity contribution in [3.63, 3.8) is 0 Å². The van der Waals surface area contributed by atoms with Crippen molar-refractivity contribution in [1.29, 1.82) is 0 Å². The average Bonchev–Trinajstić information content (AvgIpc) is 2.78. The number of hydrogen-bond acceptors (Lipinski definition) is 3. The van der Waals surface area contributed by atoms with Gasteiger partial charge in [0.15, 0.2) is 0 Å². The zero-order chi connectivity index (χ0) is 14.9. The number of halogens is 2. The second kappa shape index (κ2) is 5.89. The second-order valence-electron chi connectivity index (χ2n) is 4.62. The van der Waals surface area contributed by atoms with Gasteiger partial charge in [-0.3, -0.25) is 4.79 Å². The van der Waals surface area contributed by atoms with Crippen molar-refractivity contribution >= 4 is 34.5 Å². The van der Waals surface area contributed by atoms with E-state index in [1.165, 1.54) is 34.4 Å². The molecule has 6 heteroatoms. The van der Waals surface area contributed by atoms with E-state index in [4.69, 9.17) is 11.6 Å². The molecule has 0 saturated carbocycles. The van der Waals surface area contributed by atoms with Crippen LogP contribution < -0.4 is 4.90 Å². The Hall–Kier alpha value is -1.46. The van der Waals surface area contributed by atoms with Crippen LogP contribution in [0.25, 0.3) is 0 Å². The second-order valence-corrected chi connectivity index (χ2v) is 6.09. The molecule has 0 fully saturated rings. The van der Waals surface area contributed by atoms with Gasteiger partial charge in [-0.05, 0) is 39.0 Å². The minimum absolute atomic E-state index is 0.118. The zero-order valence-corrected chi connectivity index (χ0v) is 12.9. The van der Waals surface area contributed by atoms with Gasteiger partial charge < -0.3 is 4.90 Å². The first-order valence-electron chi connectivity index (χ1n) is 6.11. The molecule has 1 amide bonds. The summed E-state index contributed by atoms with van der Waals surface area (Å²) in [7, 11) is 0. The lowest BCUT2D eigenvalue weighted by Gasteiger charge is -2.27. The number of aromatic nitrogens is 1. The summed E-state index contributed by atoms with van der Waals surface area (Å²) in [4.78, 5) is 18.3.